The maximum absolute atomic E-state index is 6.09. The van der Waals surface area contributed by atoms with Crippen LogP contribution in [0, 0.1) is 0 Å². The summed E-state index contributed by atoms with van der Waals surface area (Å²) in [6.45, 7) is 3.40. The van der Waals surface area contributed by atoms with Crippen molar-refractivity contribution in [3.63, 3.8) is 0 Å². The van der Waals surface area contributed by atoms with Gasteiger partial charge in [-0.1, -0.05) is 12.1 Å². The van der Waals surface area contributed by atoms with Crippen LogP contribution in [-0.4, -0.2) is 48.5 Å². The molecule has 2 aromatic rings. The molecule has 0 spiro atoms. The van der Waals surface area contributed by atoms with Gasteiger partial charge >= 0.3 is 0 Å². The zero-order chi connectivity index (χ0) is 16.4. The summed E-state index contributed by atoms with van der Waals surface area (Å²) in [4.78, 5) is 11.4. The van der Waals surface area contributed by atoms with Crippen LogP contribution in [0.25, 0.3) is 10.9 Å². The number of para-hydroxylation sites is 1. The molecule has 24 heavy (non-hydrogen) atoms. The third kappa shape index (κ3) is 3.30. The van der Waals surface area contributed by atoms with E-state index in [1.54, 1.807) is 0 Å². The smallest absolute Gasteiger partial charge is 0.227 e. The van der Waals surface area contributed by atoms with Gasteiger partial charge in [-0.2, -0.15) is 4.98 Å². The van der Waals surface area contributed by atoms with E-state index >= 15 is 0 Å². The van der Waals surface area contributed by atoms with E-state index in [1.807, 2.05) is 24.3 Å². The van der Waals surface area contributed by atoms with Crippen LogP contribution in [0.5, 0.6) is 0 Å². The quantitative estimate of drug-likeness (QED) is 0.929. The average Bonchev–Trinajstić information content (AvgIpc) is 3.14. The molecule has 1 aromatic heterocycles. The van der Waals surface area contributed by atoms with Gasteiger partial charge in [0.05, 0.1) is 24.3 Å². The van der Waals surface area contributed by atoms with Gasteiger partial charge in [0.25, 0.3) is 0 Å². The Morgan fingerprint density at radius 1 is 1.17 bits per heavy atom. The maximum Gasteiger partial charge on any atom is 0.227 e. The van der Waals surface area contributed by atoms with Crippen LogP contribution in [-0.2, 0) is 9.47 Å². The molecule has 6 nitrogen and oxygen atoms in total. The first kappa shape index (κ1) is 15.6. The van der Waals surface area contributed by atoms with Crippen LogP contribution in [0.1, 0.15) is 25.7 Å². The van der Waals surface area contributed by atoms with Crippen molar-refractivity contribution in [2.45, 2.75) is 37.9 Å². The van der Waals surface area contributed by atoms with E-state index in [4.69, 9.17) is 15.2 Å². The van der Waals surface area contributed by atoms with Crippen molar-refractivity contribution in [1.29, 1.82) is 0 Å². The van der Waals surface area contributed by atoms with Gasteiger partial charge in [-0.25, -0.2) is 4.98 Å². The molecule has 128 valence electrons. The standard InChI is InChI=1S/C18H24N4O2/c19-17-15-5-1-2-6-16(15)20-18(21-17)22-9-7-13(8-10-22)24-12-14-4-3-11-23-14/h1-2,5-6,13-14H,3-4,7-12H2,(H2,19,20,21)/t14-/m1/s1. The highest BCUT2D eigenvalue weighted by molar-refractivity contribution is 5.88. The number of nitrogens with zero attached hydrogens (tertiary/aromatic N) is 3. The van der Waals surface area contributed by atoms with Gasteiger partial charge in [0.15, 0.2) is 0 Å². The average molecular weight is 328 g/mol. The summed E-state index contributed by atoms with van der Waals surface area (Å²) in [6, 6.07) is 7.87. The largest absolute Gasteiger partial charge is 0.383 e. The molecular weight excluding hydrogens is 304 g/mol. The van der Waals surface area contributed by atoms with Crippen molar-refractivity contribution < 1.29 is 9.47 Å². The van der Waals surface area contributed by atoms with Crippen LogP contribution in [0.2, 0.25) is 0 Å². The van der Waals surface area contributed by atoms with Crippen molar-refractivity contribution in [3.8, 4) is 0 Å². The molecule has 1 aromatic carbocycles. The lowest BCUT2D eigenvalue weighted by Gasteiger charge is -2.32. The zero-order valence-electron chi connectivity index (χ0n) is 13.9. The Labute approximate surface area is 142 Å². The molecule has 2 N–H and O–H groups in total. The molecule has 1 atom stereocenters. The molecule has 2 fully saturated rings. The molecular formula is C18H24N4O2. The number of benzene rings is 1. The molecule has 0 amide bonds. The minimum Gasteiger partial charge on any atom is -0.383 e. The Balaban J connectivity index is 1.37. The first-order chi connectivity index (χ1) is 11.8. The Hall–Kier alpha value is -1.92. The van der Waals surface area contributed by atoms with Crippen LogP contribution < -0.4 is 10.6 Å². The fourth-order valence-corrected chi connectivity index (χ4v) is 3.47. The van der Waals surface area contributed by atoms with Gasteiger partial charge in [0, 0.05) is 25.1 Å². The van der Waals surface area contributed by atoms with E-state index in [0.717, 1.165) is 68.8 Å². The van der Waals surface area contributed by atoms with E-state index in [0.29, 0.717) is 18.0 Å². The Morgan fingerprint density at radius 2 is 2.00 bits per heavy atom. The summed E-state index contributed by atoms with van der Waals surface area (Å²) in [5.41, 5.74) is 6.99. The molecule has 6 heteroatoms. The van der Waals surface area contributed by atoms with Crippen LogP contribution >= 0.6 is 0 Å². The van der Waals surface area contributed by atoms with E-state index in [2.05, 4.69) is 14.9 Å². The summed E-state index contributed by atoms with van der Waals surface area (Å²) in [5, 5.41) is 0.913. The first-order valence-corrected chi connectivity index (χ1v) is 8.80. The van der Waals surface area contributed by atoms with Gasteiger partial charge in [0.2, 0.25) is 5.95 Å². The number of aromatic nitrogens is 2. The first-order valence-electron chi connectivity index (χ1n) is 8.80. The molecule has 2 aliphatic rings. The SMILES string of the molecule is Nc1nc(N2CCC(OC[C@H]3CCCO3)CC2)nc2ccccc12. The number of nitrogens with two attached hydrogens (primary N) is 1. The third-order valence-corrected chi connectivity index (χ3v) is 4.89. The fraction of sp³-hybridized carbons (Fsp3) is 0.556. The third-order valence-electron chi connectivity index (χ3n) is 4.89. The van der Waals surface area contributed by atoms with Crippen molar-refractivity contribution in [2.24, 2.45) is 0 Å². The van der Waals surface area contributed by atoms with Gasteiger partial charge in [-0.15, -0.1) is 0 Å². The van der Waals surface area contributed by atoms with Crippen molar-refractivity contribution >= 4 is 22.7 Å². The van der Waals surface area contributed by atoms with E-state index in [9.17, 15) is 0 Å². The van der Waals surface area contributed by atoms with E-state index in [-0.39, 0.29) is 0 Å². The lowest BCUT2D eigenvalue weighted by molar-refractivity contribution is -0.0280. The Bertz CT molecular complexity index is 694. The lowest BCUT2D eigenvalue weighted by atomic mass is 10.1. The minimum atomic E-state index is 0.298. The zero-order valence-corrected chi connectivity index (χ0v) is 13.9. The molecule has 4 rings (SSSR count). The van der Waals surface area contributed by atoms with Gasteiger partial charge in [-0.3, -0.25) is 0 Å². The number of hydrogen-bond acceptors (Lipinski definition) is 6. The van der Waals surface area contributed by atoms with E-state index in [1.165, 1.54) is 0 Å². The normalized spacial score (nSPS) is 22.3. The topological polar surface area (TPSA) is 73.5 Å². The predicted molar refractivity (Wildman–Crippen MR) is 94.1 cm³/mol. The Morgan fingerprint density at radius 3 is 2.79 bits per heavy atom. The second-order valence-corrected chi connectivity index (χ2v) is 6.58. The fourth-order valence-electron chi connectivity index (χ4n) is 3.47. The highest BCUT2D eigenvalue weighted by atomic mass is 16.5. The summed E-state index contributed by atoms with van der Waals surface area (Å²) in [7, 11) is 0. The van der Waals surface area contributed by atoms with Crippen LogP contribution in [0.4, 0.5) is 11.8 Å². The summed E-state index contributed by atoms with van der Waals surface area (Å²) < 4.78 is 11.6. The second kappa shape index (κ2) is 6.91. The molecule has 2 aliphatic heterocycles. The maximum atomic E-state index is 6.09. The van der Waals surface area contributed by atoms with Gasteiger partial charge in [0.1, 0.15) is 5.82 Å². The monoisotopic (exact) mass is 328 g/mol. The summed E-state index contributed by atoms with van der Waals surface area (Å²) in [6.07, 6.45) is 4.87. The molecule has 0 radical (unpaired) electrons. The van der Waals surface area contributed by atoms with Gasteiger partial charge < -0.3 is 20.1 Å². The number of ether oxygens (including phenoxy) is 2. The molecule has 3 heterocycles. The van der Waals surface area contributed by atoms with Crippen molar-refractivity contribution in [2.75, 3.05) is 36.9 Å². The Kier molecular flexibility index (Phi) is 4.49. The van der Waals surface area contributed by atoms with Crippen LogP contribution in [0.3, 0.4) is 0 Å². The number of fused-ring (bicyclic) bond motifs is 1. The van der Waals surface area contributed by atoms with E-state index < -0.39 is 0 Å². The molecule has 2 saturated heterocycles. The van der Waals surface area contributed by atoms with Crippen molar-refractivity contribution in [3.05, 3.63) is 24.3 Å². The highest BCUT2D eigenvalue weighted by Crippen LogP contribution is 2.24. The van der Waals surface area contributed by atoms with Crippen LogP contribution in [0.15, 0.2) is 24.3 Å². The number of hydrogen-bond donors (Lipinski definition) is 1. The van der Waals surface area contributed by atoms with Crippen molar-refractivity contribution in [1.82, 2.24) is 9.97 Å². The summed E-state index contributed by atoms with van der Waals surface area (Å²) >= 11 is 0. The van der Waals surface area contributed by atoms with Gasteiger partial charge in [-0.05, 0) is 37.8 Å². The number of anilines is 2. The highest BCUT2D eigenvalue weighted by Gasteiger charge is 2.24. The number of nitrogen functional groups attached to an aromatic ring is 1. The lowest BCUT2D eigenvalue weighted by Crippen LogP contribution is -2.39. The molecule has 0 unspecified atom stereocenters. The summed E-state index contributed by atoms with van der Waals surface area (Å²) in [5.74, 6) is 1.27. The second-order valence-electron chi connectivity index (χ2n) is 6.58. The molecule has 0 saturated carbocycles. The number of rotatable bonds is 4. The minimum absolute atomic E-state index is 0.298. The molecule has 0 bridgehead atoms. The molecule has 0 aliphatic carbocycles. The number of piperidine rings is 1. The predicted octanol–water partition coefficient (Wildman–Crippen LogP) is 2.38.